The number of rotatable bonds is 5. The summed E-state index contributed by atoms with van der Waals surface area (Å²) in [5, 5.41) is 12.3. The smallest absolute Gasteiger partial charge is 0.422 e. The van der Waals surface area contributed by atoms with E-state index in [0.29, 0.717) is 22.7 Å². The van der Waals surface area contributed by atoms with Crippen LogP contribution in [-0.2, 0) is 0 Å². The number of benzene rings is 1. The Morgan fingerprint density at radius 2 is 2.10 bits per heavy atom. The molecular weight excluding hydrogens is 419 g/mol. The van der Waals surface area contributed by atoms with Crippen LogP contribution in [0, 0.1) is 0 Å². The first-order valence-electron chi connectivity index (χ1n) is 9.58. The number of likely N-dealkylation sites (N-methyl/N-ethyl adjacent to an activating group) is 1. The van der Waals surface area contributed by atoms with Crippen LogP contribution in [0.4, 0.5) is 19.1 Å². The van der Waals surface area contributed by atoms with E-state index < -0.39 is 12.8 Å². The summed E-state index contributed by atoms with van der Waals surface area (Å²) in [6.07, 6.45) is -0.493. The molecule has 1 N–H and O–H groups in total. The van der Waals surface area contributed by atoms with Gasteiger partial charge < -0.3 is 15.0 Å². The molecule has 0 saturated carbocycles. The van der Waals surface area contributed by atoms with Gasteiger partial charge in [0.1, 0.15) is 11.4 Å². The monoisotopic (exact) mass is 439 g/mol. The fraction of sp³-hybridized carbons (Fsp3) is 0.400. The molecule has 1 atom stereocenters. The molecule has 10 heteroatoms. The van der Waals surface area contributed by atoms with Crippen molar-refractivity contribution in [2.24, 2.45) is 0 Å². The first-order chi connectivity index (χ1) is 14.3. The number of halogens is 4. The lowest BCUT2D eigenvalue weighted by atomic mass is 10.1. The van der Waals surface area contributed by atoms with Crippen molar-refractivity contribution >= 4 is 23.1 Å². The highest BCUT2D eigenvalue weighted by Gasteiger charge is 2.29. The Kier molecular flexibility index (Phi) is 5.75. The molecule has 160 valence electrons. The summed E-state index contributed by atoms with van der Waals surface area (Å²) in [6.45, 7) is 0.553. The van der Waals surface area contributed by atoms with Gasteiger partial charge in [-0.15, -0.1) is 10.2 Å². The molecule has 0 unspecified atom stereocenters. The van der Waals surface area contributed by atoms with E-state index in [1.165, 1.54) is 6.07 Å². The van der Waals surface area contributed by atoms with Crippen molar-refractivity contribution in [1.29, 1.82) is 0 Å². The van der Waals surface area contributed by atoms with Crippen LogP contribution in [-0.4, -0.2) is 58.5 Å². The second-order valence-electron chi connectivity index (χ2n) is 7.43. The first kappa shape index (κ1) is 20.7. The van der Waals surface area contributed by atoms with Gasteiger partial charge in [-0.25, -0.2) is 0 Å². The van der Waals surface area contributed by atoms with E-state index in [1.807, 2.05) is 22.7 Å². The molecule has 1 aliphatic rings. The molecule has 1 aromatic carbocycles. The van der Waals surface area contributed by atoms with Crippen molar-refractivity contribution in [3.05, 3.63) is 41.6 Å². The summed E-state index contributed by atoms with van der Waals surface area (Å²) in [5.74, 6) is 0.595. The minimum atomic E-state index is -4.46. The van der Waals surface area contributed by atoms with Gasteiger partial charge in [0.15, 0.2) is 6.61 Å². The summed E-state index contributed by atoms with van der Waals surface area (Å²) >= 11 is 5.98. The number of fused-ring (bicyclic) bond motifs is 1. The molecule has 0 bridgehead atoms. The Labute approximate surface area is 176 Å². The number of ether oxygens (including phenoxy) is 1. The van der Waals surface area contributed by atoms with E-state index in [1.54, 1.807) is 12.1 Å². The van der Waals surface area contributed by atoms with Crippen LogP contribution >= 0.6 is 11.6 Å². The van der Waals surface area contributed by atoms with Crippen LogP contribution < -0.4 is 10.1 Å². The Hall–Kier alpha value is -2.52. The minimum Gasteiger partial charge on any atom is -0.483 e. The maximum atomic E-state index is 12.7. The Balaban J connectivity index is 1.68. The predicted octanol–water partition coefficient (Wildman–Crippen LogP) is 4.50. The van der Waals surface area contributed by atoms with Crippen molar-refractivity contribution in [3.8, 4) is 17.0 Å². The van der Waals surface area contributed by atoms with Crippen LogP contribution in [0.15, 0.2) is 36.5 Å². The molecule has 30 heavy (non-hydrogen) atoms. The summed E-state index contributed by atoms with van der Waals surface area (Å²) < 4.78 is 44.9. The van der Waals surface area contributed by atoms with Gasteiger partial charge in [0.25, 0.3) is 0 Å². The molecule has 0 radical (unpaired) electrons. The van der Waals surface area contributed by atoms with Gasteiger partial charge in [-0.1, -0.05) is 11.6 Å². The SMILES string of the molecule is CN1CCC[C@@H](Nc2nnc(-c3ccc(Cl)cc3OCC(F)(F)F)c3cccn23)C1. The zero-order valence-electron chi connectivity index (χ0n) is 16.3. The third kappa shape index (κ3) is 4.62. The van der Waals surface area contributed by atoms with E-state index in [-0.39, 0.29) is 16.8 Å². The molecule has 1 aliphatic heterocycles. The van der Waals surface area contributed by atoms with Gasteiger partial charge in [0.05, 0.1) is 5.52 Å². The van der Waals surface area contributed by atoms with Gasteiger partial charge >= 0.3 is 6.18 Å². The highest BCUT2D eigenvalue weighted by Crippen LogP contribution is 2.35. The molecule has 0 amide bonds. The fourth-order valence-electron chi connectivity index (χ4n) is 3.68. The highest BCUT2D eigenvalue weighted by atomic mass is 35.5. The normalized spacial score (nSPS) is 18.0. The number of aromatic nitrogens is 3. The third-order valence-corrected chi connectivity index (χ3v) is 5.25. The molecule has 3 aromatic rings. The molecule has 3 heterocycles. The lowest BCUT2D eigenvalue weighted by Gasteiger charge is -2.30. The number of hydrogen-bond acceptors (Lipinski definition) is 5. The summed E-state index contributed by atoms with van der Waals surface area (Å²) in [5.41, 5.74) is 1.51. The maximum Gasteiger partial charge on any atom is 0.422 e. The van der Waals surface area contributed by atoms with Crippen molar-refractivity contribution in [2.45, 2.75) is 25.1 Å². The molecule has 0 aliphatic carbocycles. The lowest BCUT2D eigenvalue weighted by molar-refractivity contribution is -0.153. The van der Waals surface area contributed by atoms with E-state index in [4.69, 9.17) is 16.3 Å². The van der Waals surface area contributed by atoms with Crippen molar-refractivity contribution in [2.75, 3.05) is 32.1 Å². The zero-order chi connectivity index (χ0) is 21.3. The third-order valence-electron chi connectivity index (χ3n) is 5.01. The molecular formula is C20H21ClF3N5O. The van der Waals surface area contributed by atoms with E-state index in [0.717, 1.165) is 25.9 Å². The average molecular weight is 440 g/mol. The van der Waals surface area contributed by atoms with E-state index in [9.17, 15) is 13.2 Å². The molecule has 0 spiro atoms. The zero-order valence-corrected chi connectivity index (χ0v) is 17.0. The maximum absolute atomic E-state index is 12.7. The second kappa shape index (κ2) is 8.31. The average Bonchev–Trinajstić information content (AvgIpc) is 3.17. The van der Waals surface area contributed by atoms with E-state index >= 15 is 0 Å². The number of nitrogens with zero attached hydrogens (tertiary/aromatic N) is 4. The fourth-order valence-corrected chi connectivity index (χ4v) is 3.85. The van der Waals surface area contributed by atoms with Gasteiger partial charge in [-0.2, -0.15) is 13.2 Å². The number of alkyl halides is 3. The Morgan fingerprint density at radius 3 is 2.87 bits per heavy atom. The van der Waals surface area contributed by atoms with E-state index in [2.05, 4.69) is 27.5 Å². The van der Waals surface area contributed by atoms with Crippen LogP contribution in [0.3, 0.4) is 0 Å². The Bertz CT molecular complexity index is 1040. The van der Waals surface area contributed by atoms with Gasteiger partial charge in [-0.3, -0.25) is 4.40 Å². The topological polar surface area (TPSA) is 54.7 Å². The predicted molar refractivity (Wildman–Crippen MR) is 109 cm³/mol. The van der Waals surface area contributed by atoms with Gasteiger partial charge in [0, 0.05) is 29.4 Å². The van der Waals surface area contributed by atoms with Gasteiger partial charge in [-0.05, 0) is 56.8 Å². The number of hydrogen-bond donors (Lipinski definition) is 1. The molecule has 4 rings (SSSR count). The second-order valence-corrected chi connectivity index (χ2v) is 7.86. The number of anilines is 1. The first-order valence-corrected chi connectivity index (χ1v) is 9.96. The number of likely N-dealkylation sites (tertiary alicyclic amines) is 1. The summed E-state index contributed by atoms with van der Waals surface area (Å²) in [6, 6.07) is 8.46. The minimum absolute atomic E-state index is 0.00633. The number of nitrogens with one attached hydrogen (secondary N) is 1. The highest BCUT2D eigenvalue weighted by molar-refractivity contribution is 6.30. The summed E-state index contributed by atoms with van der Waals surface area (Å²) in [7, 11) is 2.08. The van der Waals surface area contributed by atoms with Gasteiger partial charge in [0.2, 0.25) is 5.95 Å². The number of piperidine rings is 1. The van der Waals surface area contributed by atoms with Crippen molar-refractivity contribution in [3.63, 3.8) is 0 Å². The van der Waals surface area contributed by atoms with Crippen LogP contribution in [0.2, 0.25) is 5.02 Å². The lowest BCUT2D eigenvalue weighted by Crippen LogP contribution is -2.40. The molecule has 1 saturated heterocycles. The molecule has 6 nitrogen and oxygen atoms in total. The quantitative estimate of drug-likeness (QED) is 0.634. The van der Waals surface area contributed by atoms with Crippen molar-refractivity contribution in [1.82, 2.24) is 19.5 Å². The molecule has 1 fully saturated rings. The standard InChI is InChI=1S/C20H21ClF3N5O/c1-28-8-2-4-14(11-28)25-19-27-26-18(16-5-3-9-29(16)19)15-7-6-13(21)10-17(15)30-12-20(22,23)24/h3,5-7,9-10,14H,2,4,8,11-12H2,1H3,(H,25,27)/t14-/m1/s1. The van der Waals surface area contributed by atoms with Crippen LogP contribution in [0.25, 0.3) is 16.8 Å². The van der Waals surface area contributed by atoms with Crippen LogP contribution in [0.5, 0.6) is 5.75 Å². The van der Waals surface area contributed by atoms with Crippen LogP contribution in [0.1, 0.15) is 12.8 Å². The molecule has 2 aromatic heterocycles. The Morgan fingerprint density at radius 1 is 1.27 bits per heavy atom. The summed E-state index contributed by atoms with van der Waals surface area (Å²) in [4.78, 5) is 2.26. The largest absolute Gasteiger partial charge is 0.483 e. The van der Waals surface area contributed by atoms with Crippen molar-refractivity contribution < 1.29 is 17.9 Å².